The zero-order valence-electron chi connectivity index (χ0n) is 12.9. The van der Waals surface area contributed by atoms with Gasteiger partial charge < -0.3 is 15.1 Å². The quantitative estimate of drug-likeness (QED) is 0.806. The highest BCUT2D eigenvalue weighted by Crippen LogP contribution is 2.18. The summed E-state index contributed by atoms with van der Waals surface area (Å²) in [6, 6.07) is 10.7. The third-order valence-electron chi connectivity index (χ3n) is 3.80. The van der Waals surface area contributed by atoms with Gasteiger partial charge in [0, 0.05) is 30.7 Å². The minimum Gasteiger partial charge on any atom is -0.352 e. The van der Waals surface area contributed by atoms with Crippen molar-refractivity contribution in [3.63, 3.8) is 0 Å². The Hall–Kier alpha value is -2.48. The molecule has 7 nitrogen and oxygen atoms in total. The van der Waals surface area contributed by atoms with E-state index in [9.17, 15) is 9.59 Å². The van der Waals surface area contributed by atoms with Crippen molar-refractivity contribution >= 4 is 39.9 Å². The van der Waals surface area contributed by atoms with E-state index < -0.39 is 0 Å². The summed E-state index contributed by atoms with van der Waals surface area (Å²) in [6.45, 7) is 2.78. The summed E-state index contributed by atoms with van der Waals surface area (Å²) in [6.07, 6.45) is 0.864. The number of piperazine rings is 1. The van der Waals surface area contributed by atoms with Gasteiger partial charge in [0.15, 0.2) is 11.6 Å². The number of halogens is 1. The fourth-order valence-electron chi connectivity index (χ4n) is 2.45. The van der Waals surface area contributed by atoms with Gasteiger partial charge in [-0.05, 0) is 40.2 Å². The molecule has 0 spiro atoms. The molecule has 0 saturated carbocycles. The number of aromatic nitrogens is 2. The Morgan fingerprint density at radius 2 is 1.83 bits per heavy atom. The number of benzene rings is 1. The van der Waals surface area contributed by atoms with Gasteiger partial charge in [-0.1, -0.05) is 12.1 Å². The van der Waals surface area contributed by atoms with Crippen LogP contribution in [0.5, 0.6) is 0 Å². The van der Waals surface area contributed by atoms with E-state index in [1.165, 1.54) is 0 Å². The third kappa shape index (κ3) is 3.70. The summed E-state index contributed by atoms with van der Waals surface area (Å²) < 4.78 is 0.722. The number of rotatable bonds is 4. The zero-order chi connectivity index (χ0) is 16.9. The second-order valence-electron chi connectivity index (χ2n) is 5.34. The maximum atomic E-state index is 12.2. The molecule has 1 N–H and O–H groups in total. The Labute approximate surface area is 147 Å². The van der Waals surface area contributed by atoms with Crippen LogP contribution in [0.4, 0.5) is 11.6 Å². The highest BCUT2D eigenvalue weighted by molar-refractivity contribution is 9.10. The smallest absolute Gasteiger partial charge is 0.258 e. The van der Waals surface area contributed by atoms with Crippen molar-refractivity contribution in [1.82, 2.24) is 15.1 Å². The largest absolute Gasteiger partial charge is 0.352 e. The monoisotopic (exact) mass is 389 g/mol. The zero-order valence-corrected chi connectivity index (χ0v) is 14.4. The molecule has 8 heteroatoms. The van der Waals surface area contributed by atoms with Crippen LogP contribution in [0, 0.1) is 0 Å². The second kappa shape index (κ2) is 7.39. The Balaban J connectivity index is 1.64. The summed E-state index contributed by atoms with van der Waals surface area (Å²) in [5.41, 5.74) is 0.536. The fraction of sp³-hybridized carbons (Fsp3) is 0.250. The van der Waals surface area contributed by atoms with Crippen LogP contribution in [0.1, 0.15) is 10.4 Å². The maximum absolute atomic E-state index is 12.2. The van der Waals surface area contributed by atoms with Crippen LogP contribution in [0.3, 0.4) is 0 Å². The van der Waals surface area contributed by atoms with Crippen LogP contribution in [-0.2, 0) is 4.79 Å². The SMILES string of the molecule is O=CN1CCN(c2ccc(NC(=O)c3ccccc3Br)nn2)CC1. The van der Waals surface area contributed by atoms with Crippen molar-refractivity contribution in [2.75, 3.05) is 36.4 Å². The standard InChI is InChI=1S/C16H16BrN5O2/c17-13-4-2-1-3-12(13)16(24)18-14-5-6-15(20-19-14)22-9-7-21(11-23)8-10-22/h1-6,11H,7-10H2,(H,18,19,24). The first kappa shape index (κ1) is 16.4. The topological polar surface area (TPSA) is 78.4 Å². The van der Waals surface area contributed by atoms with E-state index in [1.807, 2.05) is 18.2 Å². The van der Waals surface area contributed by atoms with Crippen molar-refractivity contribution < 1.29 is 9.59 Å². The van der Waals surface area contributed by atoms with Crippen molar-refractivity contribution in [3.8, 4) is 0 Å². The van der Waals surface area contributed by atoms with Crippen molar-refractivity contribution in [3.05, 3.63) is 46.4 Å². The predicted molar refractivity (Wildman–Crippen MR) is 94.0 cm³/mol. The molecule has 3 rings (SSSR count). The summed E-state index contributed by atoms with van der Waals surface area (Å²) in [5.74, 6) is 0.884. The lowest BCUT2D eigenvalue weighted by molar-refractivity contribution is -0.118. The van der Waals surface area contributed by atoms with E-state index >= 15 is 0 Å². The number of carbonyl (C=O) groups is 2. The molecule has 1 saturated heterocycles. The van der Waals surface area contributed by atoms with Gasteiger partial charge in [0.05, 0.1) is 5.56 Å². The third-order valence-corrected chi connectivity index (χ3v) is 4.49. The van der Waals surface area contributed by atoms with Crippen LogP contribution < -0.4 is 10.2 Å². The van der Waals surface area contributed by atoms with E-state index in [0.29, 0.717) is 24.5 Å². The van der Waals surface area contributed by atoms with Crippen molar-refractivity contribution in [1.29, 1.82) is 0 Å². The van der Waals surface area contributed by atoms with Gasteiger partial charge in [0.25, 0.3) is 5.91 Å². The lowest BCUT2D eigenvalue weighted by Gasteiger charge is -2.32. The molecule has 2 amide bonds. The summed E-state index contributed by atoms with van der Waals surface area (Å²) in [5, 5.41) is 11.0. The number of hydrogen-bond donors (Lipinski definition) is 1. The number of nitrogens with zero attached hydrogens (tertiary/aromatic N) is 4. The predicted octanol–water partition coefficient (Wildman–Crippen LogP) is 1.77. The van der Waals surface area contributed by atoms with E-state index in [4.69, 9.17) is 0 Å². The molecule has 2 aromatic rings. The van der Waals surface area contributed by atoms with Crippen LogP contribution in [0.15, 0.2) is 40.9 Å². The molecule has 24 heavy (non-hydrogen) atoms. The van der Waals surface area contributed by atoms with Crippen LogP contribution in [0.2, 0.25) is 0 Å². The number of hydrogen-bond acceptors (Lipinski definition) is 5. The Bertz CT molecular complexity index is 730. The molecule has 1 aliphatic rings. The lowest BCUT2D eigenvalue weighted by atomic mass is 10.2. The summed E-state index contributed by atoms with van der Waals surface area (Å²) in [4.78, 5) is 26.8. The van der Waals surface area contributed by atoms with Crippen LogP contribution in [0.25, 0.3) is 0 Å². The number of anilines is 2. The highest BCUT2D eigenvalue weighted by Gasteiger charge is 2.17. The normalized spacial score (nSPS) is 14.4. The fourth-order valence-corrected chi connectivity index (χ4v) is 2.91. The van der Waals surface area contributed by atoms with Crippen LogP contribution in [-0.4, -0.2) is 53.6 Å². The lowest BCUT2D eigenvalue weighted by Crippen LogP contribution is -2.46. The summed E-state index contributed by atoms with van der Waals surface area (Å²) >= 11 is 3.35. The number of carbonyl (C=O) groups excluding carboxylic acids is 2. The Morgan fingerprint density at radius 1 is 1.08 bits per heavy atom. The second-order valence-corrected chi connectivity index (χ2v) is 6.19. The molecular formula is C16H16BrN5O2. The first-order valence-electron chi connectivity index (χ1n) is 7.51. The van der Waals surface area contributed by atoms with E-state index in [2.05, 4.69) is 36.3 Å². The van der Waals surface area contributed by atoms with Gasteiger partial charge in [-0.2, -0.15) is 0 Å². The average Bonchev–Trinajstić information content (AvgIpc) is 2.63. The molecule has 1 aromatic heterocycles. The first-order valence-corrected chi connectivity index (χ1v) is 8.30. The van der Waals surface area contributed by atoms with E-state index in [0.717, 1.165) is 29.8 Å². The molecule has 0 radical (unpaired) electrons. The van der Waals surface area contributed by atoms with E-state index in [-0.39, 0.29) is 5.91 Å². The van der Waals surface area contributed by atoms with Gasteiger partial charge in [0.1, 0.15) is 0 Å². The molecule has 1 fully saturated rings. The van der Waals surface area contributed by atoms with Gasteiger partial charge in [-0.15, -0.1) is 10.2 Å². The van der Waals surface area contributed by atoms with Gasteiger partial charge >= 0.3 is 0 Å². The van der Waals surface area contributed by atoms with Crippen molar-refractivity contribution in [2.24, 2.45) is 0 Å². The Morgan fingerprint density at radius 3 is 2.46 bits per heavy atom. The molecule has 0 bridgehead atoms. The molecule has 0 atom stereocenters. The highest BCUT2D eigenvalue weighted by atomic mass is 79.9. The van der Waals surface area contributed by atoms with Gasteiger partial charge in [0.2, 0.25) is 6.41 Å². The van der Waals surface area contributed by atoms with E-state index in [1.54, 1.807) is 23.1 Å². The van der Waals surface area contributed by atoms with Crippen molar-refractivity contribution in [2.45, 2.75) is 0 Å². The van der Waals surface area contributed by atoms with Crippen LogP contribution >= 0.6 is 15.9 Å². The molecule has 1 aromatic carbocycles. The first-order chi connectivity index (χ1) is 11.7. The molecule has 0 aliphatic carbocycles. The molecule has 124 valence electrons. The number of nitrogens with one attached hydrogen (secondary N) is 1. The summed E-state index contributed by atoms with van der Waals surface area (Å²) in [7, 11) is 0. The minimum atomic E-state index is -0.246. The Kier molecular flexibility index (Phi) is 5.05. The molecule has 1 aliphatic heterocycles. The van der Waals surface area contributed by atoms with Gasteiger partial charge in [-0.3, -0.25) is 9.59 Å². The average molecular weight is 390 g/mol. The number of amides is 2. The maximum Gasteiger partial charge on any atom is 0.258 e. The minimum absolute atomic E-state index is 0.246. The molecular weight excluding hydrogens is 374 g/mol. The molecule has 2 heterocycles. The molecule has 0 unspecified atom stereocenters. The van der Waals surface area contributed by atoms with Gasteiger partial charge in [-0.25, -0.2) is 0 Å².